The summed E-state index contributed by atoms with van der Waals surface area (Å²) in [6.45, 7) is 3.17. The first-order valence-electron chi connectivity index (χ1n) is 5.06. The zero-order valence-electron chi connectivity index (χ0n) is 8.18. The molecule has 76 valence electrons. The number of halogens is 1. The summed E-state index contributed by atoms with van der Waals surface area (Å²) in [5.74, 6) is 1.69. The SMILES string of the molecule is CC1CCCC1CNC(=O)CCBr. The molecule has 13 heavy (non-hydrogen) atoms. The van der Waals surface area contributed by atoms with Gasteiger partial charge in [-0.05, 0) is 18.3 Å². The average molecular weight is 248 g/mol. The monoisotopic (exact) mass is 247 g/mol. The Morgan fingerprint density at radius 1 is 1.54 bits per heavy atom. The molecule has 1 fully saturated rings. The van der Waals surface area contributed by atoms with Crippen LogP contribution in [-0.2, 0) is 4.79 Å². The molecule has 0 spiro atoms. The summed E-state index contributed by atoms with van der Waals surface area (Å²) < 4.78 is 0. The van der Waals surface area contributed by atoms with Crippen molar-refractivity contribution in [2.45, 2.75) is 32.6 Å². The normalized spacial score (nSPS) is 27.5. The zero-order valence-corrected chi connectivity index (χ0v) is 9.77. The van der Waals surface area contributed by atoms with Crippen LogP contribution in [0.3, 0.4) is 0 Å². The summed E-state index contributed by atoms with van der Waals surface area (Å²) >= 11 is 3.25. The summed E-state index contributed by atoms with van der Waals surface area (Å²) in [4.78, 5) is 11.2. The van der Waals surface area contributed by atoms with Crippen LogP contribution >= 0.6 is 15.9 Å². The molecule has 1 saturated carbocycles. The number of nitrogens with one attached hydrogen (secondary N) is 1. The maximum Gasteiger partial charge on any atom is 0.220 e. The van der Waals surface area contributed by atoms with Gasteiger partial charge in [-0.25, -0.2) is 0 Å². The van der Waals surface area contributed by atoms with Crippen LogP contribution in [0, 0.1) is 11.8 Å². The van der Waals surface area contributed by atoms with Crippen LogP contribution in [0.25, 0.3) is 0 Å². The molecule has 0 bridgehead atoms. The molecule has 2 unspecified atom stereocenters. The van der Waals surface area contributed by atoms with Crippen LogP contribution in [-0.4, -0.2) is 17.8 Å². The van der Waals surface area contributed by atoms with Gasteiger partial charge in [-0.1, -0.05) is 35.7 Å². The Bertz CT molecular complexity index is 172. The summed E-state index contributed by atoms with van der Waals surface area (Å²) in [5, 5.41) is 3.75. The highest BCUT2D eigenvalue weighted by Crippen LogP contribution is 2.30. The van der Waals surface area contributed by atoms with Crippen molar-refractivity contribution in [2.75, 3.05) is 11.9 Å². The number of carbonyl (C=O) groups is 1. The molecular weight excluding hydrogens is 230 g/mol. The highest BCUT2D eigenvalue weighted by molar-refractivity contribution is 9.09. The van der Waals surface area contributed by atoms with E-state index in [1.165, 1.54) is 19.3 Å². The van der Waals surface area contributed by atoms with Gasteiger partial charge in [0.05, 0.1) is 0 Å². The van der Waals surface area contributed by atoms with E-state index >= 15 is 0 Å². The number of amides is 1. The van der Waals surface area contributed by atoms with E-state index in [4.69, 9.17) is 0 Å². The third-order valence-electron chi connectivity index (χ3n) is 2.92. The predicted octanol–water partition coefficient (Wildman–Crippen LogP) is 2.32. The first-order valence-corrected chi connectivity index (χ1v) is 6.19. The molecule has 2 atom stereocenters. The molecule has 0 aromatic carbocycles. The number of alkyl halides is 1. The number of rotatable bonds is 4. The van der Waals surface area contributed by atoms with E-state index in [0.29, 0.717) is 6.42 Å². The smallest absolute Gasteiger partial charge is 0.220 e. The van der Waals surface area contributed by atoms with E-state index < -0.39 is 0 Å². The van der Waals surface area contributed by atoms with Gasteiger partial charge in [0, 0.05) is 18.3 Å². The maximum atomic E-state index is 11.2. The lowest BCUT2D eigenvalue weighted by molar-refractivity contribution is -0.120. The number of carbonyl (C=O) groups excluding carboxylic acids is 1. The molecule has 1 aliphatic carbocycles. The predicted molar refractivity (Wildman–Crippen MR) is 57.9 cm³/mol. The zero-order chi connectivity index (χ0) is 9.68. The van der Waals surface area contributed by atoms with E-state index in [0.717, 1.165) is 23.7 Å². The van der Waals surface area contributed by atoms with E-state index in [1.54, 1.807) is 0 Å². The molecule has 0 heterocycles. The van der Waals surface area contributed by atoms with Crippen LogP contribution in [0.1, 0.15) is 32.6 Å². The minimum atomic E-state index is 0.177. The quantitative estimate of drug-likeness (QED) is 0.760. The minimum absolute atomic E-state index is 0.177. The number of hydrogen-bond donors (Lipinski definition) is 1. The first-order chi connectivity index (χ1) is 6.24. The third-order valence-corrected chi connectivity index (χ3v) is 3.32. The van der Waals surface area contributed by atoms with Gasteiger partial charge >= 0.3 is 0 Å². The van der Waals surface area contributed by atoms with Crippen molar-refractivity contribution in [1.82, 2.24) is 5.32 Å². The Hall–Kier alpha value is -0.0500. The molecule has 0 aliphatic heterocycles. The molecule has 1 rings (SSSR count). The molecular formula is C10H18BrNO. The molecule has 0 radical (unpaired) electrons. The van der Waals surface area contributed by atoms with Crippen LogP contribution in [0.4, 0.5) is 0 Å². The van der Waals surface area contributed by atoms with Crippen molar-refractivity contribution >= 4 is 21.8 Å². The molecule has 1 aliphatic rings. The highest BCUT2D eigenvalue weighted by atomic mass is 79.9. The molecule has 1 amide bonds. The van der Waals surface area contributed by atoms with Crippen LogP contribution < -0.4 is 5.32 Å². The Labute approximate surface area is 88.6 Å². The van der Waals surface area contributed by atoms with Crippen LogP contribution in [0.5, 0.6) is 0 Å². The topological polar surface area (TPSA) is 29.1 Å². The van der Waals surface area contributed by atoms with Gasteiger partial charge in [0.2, 0.25) is 5.91 Å². The van der Waals surface area contributed by atoms with Crippen molar-refractivity contribution < 1.29 is 4.79 Å². The average Bonchev–Trinajstić information content (AvgIpc) is 2.48. The molecule has 1 N–H and O–H groups in total. The standard InChI is InChI=1S/C10H18BrNO/c1-8-3-2-4-9(8)7-12-10(13)5-6-11/h8-9H,2-7H2,1H3,(H,12,13). The van der Waals surface area contributed by atoms with Crippen LogP contribution in [0.15, 0.2) is 0 Å². The summed E-state index contributed by atoms with van der Waals surface area (Å²) in [6.07, 6.45) is 4.55. The molecule has 0 aromatic rings. The first kappa shape index (κ1) is 11.0. The van der Waals surface area contributed by atoms with Crippen molar-refractivity contribution in [3.8, 4) is 0 Å². The Balaban J connectivity index is 2.14. The Kier molecular flexibility index (Phi) is 4.78. The number of hydrogen-bond acceptors (Lipinski definition) is 1. The van der Waals surface area contributed by atoms with Crippen molar-refractivity contribution in [3.63, 3.8) is 0 Å². The Morgan fingerprint density at radius 2 is 2.31 bits per heavy atom. The van der Waals surface area contributed by atoms with E-state index in [2.05, 4.69) is 28.2 Å². The fraction of sp³-hybridized carbons (Fsp3) is 0.900. The van der Waals surface area contributed by atoms with Gasteiger partial charge in [-0.15, -0.1) is 0 Å². The van der Waals surface area contributed by atoms with E-state index in [9.17, 15) is 4.79 Å². The largest absolute Gasteiger partial charge is 0.356 e. The van der Waals surface area contributed by atoms with Crippen LogP contribution in [0.2, 0.25) is 0 Å². The van der Waals surface area contributed by atoms with E-state index in [1.807, 2.05) is 0 Å². The summed E-state index contributed by atoms with van der Waals surface area (Å²) in [7, 11) is 0. The fourth-order valence-electron chi connectivity index (χ4n) is 1.94. The summed E-state index contributed by atoms with van der Waals surface area (Å²) in [6, 6.07) is 0. The van der Waals surface area contributed by atoms with Crippen molar-refractivity contribution in [3.05, 3.63) is 0 Å². The fourth-order valence-corrected chi connectivity index (χ4v) is 2.30. The van der Waals surface area contributed by atoms with Gasteiger partial charge in [0.15, 0.2) is 0 Å². The summed E-state index contributed by atoms with van der Waals surface area (Å²) in [5.41, 5.74) is 0. The lowest BCUT2D eigenvalue weighted by atomic mass is 9.98. The molecule has 0 aromatic heterocycles. The Morgan fingerprint density at radius 3 is 2.85 bits per heavy atom. The minimum Gasteiger partial charge on any atom is -0.356 e. The van der Waals surface area contributed by atoms with Crippen molar-refractivity contribution in [1.29, 1.82) is 0 Å². The molecule has 0 saturated heterocycles. The van der Waals surface area contributed by atoms with Gasteiger partial charge in [0.1, 0.15) is 0 Å². The van der Waals surface area contributed by atoms with E-state index in [-0.39, 0.29) is 5.91 Å². The van der Waals surface area contributed by atoms with Gasteiger partial charge < -0.3 is 5.32 Å². The van der Waals surface area contributed by atoms with Gasteiger partial charge in [0.25, 0.3) is 0 Å². The van der Waals surface area contributed by atoms with Gasteiger partial charge in [-0.3, -0.25) is 4.79 Å². The van der Waals surface area contributed by atoms with Gasteiger partial charge in [-0.2, -0.15) is 0 Å². The van der Waals surface area contributed by atoms with Crippen molar-refractivity contribution in [2.24, 2.45) is 11.8 Å². The maximum absolute atomic E-state index is 11.2. The lowest BCUT2D eigenvalue weighted by Crippen LogP contribution is -2.30. The third kappa shape index (κ3) is 3.67. The molecule has 3 heteroatoms. The second-order valence-electron chi connectivity index (χ2n) is 3.91. The second-order valence-corrected chi connectivity index (χ2v) is 4.70. The highest BCUT2D eigenvalue weighted by Gasteiger charge is 2.23. The lowest BCUT2D eigenvalue weighted by Gasteiger charge is -2.15. The second kappa shape index (κ2) is 5.63. The molecule has 2 nitrogen and oxygen atoms in total.